The summed E-state index contributed by atoms with van der Waals surface area (Å²) in [5.74, 6) is -10.8. The maximum atomic E-state index is 14.7. The Kier molecular flexibility index (Phi) is 40.7. The normalized spacial score (nSPS) is 19.9. The van der Waals surface area contributed by atoms with Crippen LogP contribution in [0.1, 0.15) is 367 Å². The van der Waals surface area contributed by atoms with E-state index < -0.39 is 123 Å². The van der Waals surface area contributed by atoms with Crippen molar-refractivity contribution < 1.29 is 65.9 Å². The van der Waals surface area contributed by atoms with Gasteiger partial charge in [0.25, 0.3) is 0 Å². The van der Waals surface area contributed by atoms with Crippen LogP contribution in [0.25, 0.3) is 0 Å². The summed E-state index contributed by atoms with van der Waals surface area (Å²) in [5, 5.41) is 7.67. The molecule has 3 rings (SSSR count). The van der Waals surface area contributed by atoms with Gasteiger partial charge in [0, 0.05) is 0 Å². The fourth-order valence-electron chi connectivity index (χ4n) is 12.6. The molecule has 3 amide bonds. The molecule has 18 nitrogen and oxygen atoms in total. The van der Waals surface area contributed by atoms with Crippen molar-refractivity contribution >= 4 is 66.5 Å². The van der Waals surface area contributed by atoms with Gasteiger partial charge in [-0.3, -0.25) is 0 Å². The first-order valence-corrected chi connectivity index (χ1v) is 39.3. The number of unbranched alkanes of at least 4 members (excludes halogenated alkanes) is 42. The second-order valence-corrected chi connectivity index (χ2v) is 30.6. The number of nitrogens with one attached hydrogen (secondary N) is 3. The fourth-order valence-corrected chi connectivity index (χ4v) is 17.2. The first-order chi connectivity index (χ1) is 42.6. The van der Waals surface area contributed by atoms with Gasteiger partial charge in [0.05, 0.1) is 0 Å². The van der Waals surface area contributed by atoms with Crippen LogP contribution in [0.3, 0.4) is 0 Å². The number of carbonyl (C=O) groups is 9. The molecule has 0 unspecified atom stereocenters. The molecule has 3 aliphatic rings. The number of hydrogen-bond donors (Lipinski definition) is 3. The van der Waals surface area contributed by atoms with E-state index in [1.54, 1.807) is 0 Å². The molecule has 0 aromatic carbocycles. The Morgan fingerprint density at radius 3 is 0.636 bits per heavy atom. The van der Waals surface area contributed by atoms with Crippen molar-refractivity contribution in [3.8, 4) is 0 Å². The monoisotopic (exact) mass is 1260 g/mol. The zero-order chi connectivity index (χ0) is 63.9. The third-order valence-corrected chi connectivity index (χ3v) is 22.4. The van der Waals surface area contributed by atoms with Crippen LogP contribution in [0.2, 0.25) is 0 Å². The molecule has 88 heavy (non-hydrogen) atoms. The first-order valence-electron chi connectivity index (χ1n) is 36.4. The second-order valence-electron chi connectivity index (χ2n) is 26.3. The van der Waals surface area contributed by atoms with Crippen LogP contribution < -0.4 is 16.0 Å². The van der Waals surface area contributed by atoms with Crippen LogP contribution in [0.15, 0.2) is 0 Å². The van der Waals surface area contributed by atoms with Crippen molar-refractivity contribution in [2.75, 3.05) is 0 Å². The molecular formula is C69H123AlN3O15-3. The average Bonchev–Trinajstić information content (AvgIpc) is 0.669. The number of hydrogen-bond acceptors (Lipinski definition) is 15. The summed E-state index contributed by atoms with van der Waals surface area (Å²) in [4.78, 5) is 127. The van der Waals surface area contributed by atoms with Crippen LogP contribution in [0.5, 0.6) is 0 Å². The predicted octanol–water partition coefficient (Wildman–Crippen LogP) is 16.2. The zero-order valence-corrected chi connectivity index (χ0v) is 56.8. The van der Waals surface area contributed by atoms with Gasteiger partial charge in [-0.1, -0.05) is 194 Å². The summed E-state index contributed by atoms with van der Waals surface area (Å²) < 4.78 is 34.5. The van der Waals surface area contributed by atoms with Crippen molar-refractivity contribution in [2.45, 2.75) is 386 Å². The van der Waals surface area contributed by atoms with E-state index in [-0.39, 0.29) is 19.3 Å². The zero-order valence-electron chi connectivity index (χ0n) is 55.6. The summed E-state index contributed by atoms with van der Waals surface area (Å²) in [6.45, 7) is 6.69. The van der Waals surface area contributed by atoms with Crippen molar-refractivity contribution in [3.63, 3.8) is 0 Å². The summed E-state index contributed by atoms with van der Waals surface area (Å²) in [6, 6.07) is -5.16. The topological polar surface area (TPSA) is 245 Å². The molecule has 0 aromatic rings. The van der Waals surface area contributed by atoms with Gasteiger partial charge >= 0.3 is 340 Å². The third-order valence-electron chi connectivity index (χ3n) is 18.0. The average molecular weight is 1260 g/mol. The van der Waals surface area contributed by atoms with Gasteiger partial charge in [0.15, 0.2) is 0 Å². The van der Waals surface area contributed by atoms with Gasteiger partial charge in [-0.2, -0.15) is 0 Å². The molecule has 3 saturated heterocycles. The minimum absolute atomic E-state index is 0.00313. The number of carbonyl (C=O) groups excluding carboxylic acids is 9. The van der Waals surface area contributed by atoms with Gasteiger partial charge in [0.2, 0.25) is 0 Å². The van der Waals surface area contributed by atoms with E-state index in [0.29, 0.717) is 19.3 Å². The molecule has 3 fully saturated rings. The van der Waals surface area contributed by atoms with Crippen molar-refractivity contribution in [3.05, 3.63) is 0 Å². The molecular weight excluding hydrogens is 1140 g/mol. The molecule has 3 N–H and O–H groups in total. The Morgan fingerprint density at radius 2 is 0.455 bits per heavy atom. The van der Waals surface area contributed by atoms with E-state index >= 15 is 0 Å². The van der Waals surface area contributed by atoms with Crippen molar-refractivity contribution in [2.24, 2.45) is 0 Å². The van der Waals surface area contributed by atoms with Crippen LogP contribution in [0.4, 0.5) is 0 Å². The standard InChI is InChI=1S/3C23H43NO5.Al/c3*1-2-3-4-5-6-7-8-9-10-11-12-13-14-15-16-17-21(25)24-20(23(28)29)18-19-22(26)27;/h3*20H,2-19H2,1H3,(H,24,25)(H,26,27)(H,28,29);/q;;;+3/p-6/t3*20-;/m000./s1. The summed E-state index contributed by atoms with van der Waals surface area (Å²) in [6.07, 6.45) is 47.4. The SMILES string of the molecule is CCCCCCCCCCCCCCCCCC(=O)N[C@H]1CCC(=O)[O][Al-3]23([O]C(=O)CC[C@H](NC(=O)CCCCCCCCCCCCCCCCC)C(=O)[O]2)([O]C(=O)CC[C@H](NC(=O)CCCCCCCCCCCCCCCCC)C(=O)[O]3)[O]C1=O. The fraction of sp³-hybridized carbons (Fsp3) is 0.870. The minimum atomic E-state index is -9.26. The number of rotatable bonds is 51. The summed E-state index contributed by atoms with van der Waals surface area (Å²) in [5.41, 5.74) is 0. The molecule has 0 saturated carbocycles. The molecule has 0 radical (unpaired) electrons. The van der Waals surface area contributed by atoms with E-state index in [1.165, 1.54) is 173 Å². The Balaban J connectivity index is 1.70. The molecule has 0 bridgehead atoms. The number of amides is 3. The molecule has 19 heteroatoms. The van der Waals surface area contributed by atoms with Gasteiger partial charge in [-0.25, -0.2) is 0 Å². The Hall–Kier alpha value is -4.24. The van der Waals surface area contributed by atoms with E-state index in [0.717, 1.165) is 96.3 Å². The molecule has 0 aromatic heterocycles. The summed E-state index contributed by atoms with van der Waals surface area (Å²) in [7, 11) is 0. The van der Waals surface area contributed by atoms with Crippen molar-refractivity contribution in [1.29, 1.82) is 0 Å². The van der Waals surface area contributed by atoms with Crippen LogP contribution in [-0.2, 0) is 65.9 Å². The Labute approximate surface area is 531 Å². The maximum absolute atomic E-state index is 14.7. The molecule has 3 aliphatic heterocycles. The molecule has 3 heterocycles. The molecule has 510 valence electrons. The van der Waals surface area contributed by atoms with Crippen LogP contribution >= 0.6 is 0 Å². The first kappa shape index (κ1) is 78.0. The molecule has 3 atom stereocenters. The van der Waals surface area contributed by atoms with E-state index in [1.807, 2.05) is 0 Å². The van der Waals surface area contributed by atoms with Crippen molar-refractivity contribution in [1.82, 2.24) is 16.0 Å². The van der Waals surface area contributed by atoms with Gasteiger partial charge in [-0.15, -0.1) is 0 Å². The van der Waals surface area contributed by atoms with E-state index in [2.05, 4.69) is 36.7 Å². The summed E-state index contributed by atoms with van der Waals surface area (Å²) >= 11 is -9.26. The molecule has 1 spiro atoms. The quantitative estimate of drug-likeness (QED) is 0.0379. The Bertz CT molecular complexity index is 1820. The van der Waals surface area contributed by atoms with E-state index in [4.69, 9.17) is 22.7 Å². The van der Waals surface area contributed by atoms with Gasteiger partial charge in [-0.05, 0) is 0 Å². The van der Waals surface area contributed by atoms with Crippen LogP contribution in [0, 0.1) is 0 Å². The van der Waals surface area contributed by atoms with Gasteiger partial charge in [0.1, 0.15) is 0 Å². The second kappa shape index (κ2) is 45.9. The van der Waals surface area contributed by atoms with E-state index in [9.17, 15) is 43.2 Å². The predicted molar refractivity (Wildman–Crippen MR) is 344 cm³/mol. The third kappa shape index (κ3) is 32.7. The molecule has 0 aliphatic carbocycles. The van der Waals surface area contributed by atoms with Gasteiger partial charge < -0.3 is 0 Å². The Morgan fingerprint density at radius 1 is 0.284 bits per heavy atom. The van der Waals surface area contributed by atoms with Crippen LogP contribution in [-0.4, -0.2) is 84.6 Å².